The third kappa shape index (κ3) is 3.38. The molecule has 1 unspecified atom stereocenters. The standard InChI is InChI=1S/C14H22N4O/c1-10(9-18-7-2-3-8-18)17-12-6-4-5-11(13(12)15)14(16)19/h4-6,10,17H,2-3,7-9,15H2,1H3,(H2,16,19). The maximum atomic E-state index is 11.2. The predicted octanol–water partition coefficient (Wildman–Crippen LogP) is 1.26. The number of hydrogen-bond donors (Lipinski definition) is 3. The number of likely N-dealkylation sites (tertiary alicyclic amines) is 1. The van der Waals surface area contributed by atoms with Crippen molar-refractivity contribution < 1.29 is 4.79 Å². The summed E-state index contributed by atoms with van der Waals surface area (Å²) in [5.74, 6) is -0.492. The van der Waals surface area contributed by atoms with Crippen molar-refractivity contribution in [2.24, 2.45) is 5.73 Å². The number of nitrogens with two attached hydrogens (primary N) is 2. The summed E-state index contributed by atoms with van der Waals surface area (Å²) in [6.07, 6.45) is 2.57. The van der Waals surface area contributed by atoms with E-state index < -0.39 is 5.91 Å². The van der Waals surface area contributed by atoms with Crippen LogP contribution in [0.4, 0.5) is 11.4 Å². The van der Waals surface area contributed by atoms with E-state index >= 15 is 0 Å². The Morgan fingerprint density at radius 1 is 1.42 bits per heavy atom. The molecule has 5 heteroatoms. The van der Waals surface area contributed by atoms with Crippen molar-refractivity contribution in [3.05, 3.63) is 23.8 Å². The van der Waals surface area contributed by atoms with Crippen molar-refractivity contribution in [1.29, 1.82) is 0 Å². The lowest BCUT2D eigenvalue weighted by Gasteiger charge is -2.23. The van der Waals surface area contributed by atoms with Gasteiger partial charge in [-0.1, -0.05) is 6.07 Å². The van der Waals surface area contributed by atoms with Gasteiger partial charge < -0.3 is 21.7 Å². The van der Waals surface area contributed by atoms with E-state index in [4.69, 9.17) is 11.5 Å². The first-order chi connectivity index (χ1) is 9.08. The molecule has 0 spiro atoms. The Morgan fingerprint density at radius 2 is 2.11 bits per heavy atom. The quantitative estimate of drug-likeness (QED) is 0.698. The van der Waals surface area contributed by atoms with Crippen LogP contribution in [0.2, 0.25) is 0 Å². The highest BCUT2D eigenvalue weighted by atomic mass is 16.1. The number of rotatable bonds is 5. The Bertz CT molecular complexity index is 455. The molecule has 1 amide bonds. The van der Waals surface area contributed by atoms with Crippen molar-refractivity contribution in [2.75, 3.05) is 30.7 Å². The van der Waals surface area contributed by atoms with E-state index in [-0.39, 0.29) is 6.04 Å². The third-order valence-electron chi connectivity index (χ3n) is 3.50. The largest absolute Gasteiger partial charge is 0.396 e. The van der Waals surface area contributed by atoms with Crippen molar-refractivity contribution in [1.82, 2.24) is 4.90 Å². The molecule has 0 aliphatic carbocycles. The molecule has 1 atom stereocenters. The molecule has 0 radical (unpaired) electrons. The highest BCUT2D eigenvalue weighted by molar-refractivity contribution is 6.00. The number of nitrogens with one attached hydrogen (secondary N) is 1. The Hall–Kier alpha value is -1.75. The topological polar surface area (TPSA) is 84.4 Å². The van der Waals surface area contributed by atoms with Crippen LogP contribution in [0.1, 0.15) is 30.1 Å². The van der Waals surface area contributed by atoms with E-state index in [0.29, 0.717) is 11.3 Å². The van der Waals surface area contributed by atoms with Crippen molar-refractivity contribution in [2.45, 2.75) is 25.8 Å². The minimum absolute atomic E-state index is 0.281. The van der Waals surface area contributed by atoms with Crippen molar-refractivity contribution >= 4 is 17.3 Å². The van der Waals surface area contributed by atoms with Gasteiger partial charge in [-0.15, -0.1) is 0 Å². The summed E-state index contributed by atoms with van der Waals surface area (Å²) in [6, 6.07) is 5.60. The van der Waals surface area contributed by atoms with Gasteiger partial charge in [-0.3, -0.25) is 4.79 Å². The van der Waals surface area contributed by atoms with Crippen LogP contribution in [0.3, 0.4) is 0 Å². The third-order valence-corrected chi connectivity index (χ3v) is 3.50. The van der Waals surface area contributed by atoms with Crippen molar-refractivity contribution in [3.63, 3.8) is 0 Å². The van der Waals surface area contributed by atoms with Gasteiger partial charge >= 0.3 is 0 Å². The second-order valence-electron chi connectivity index (χ2n) is 5.18. The van der Waals surface area contributed by atoms with Gasteiger partial charge in [0.1, 0.15) is 0 Å². The minimum Gasteiger partial charge on any atom is -0.396 e. The molecule has 1 aromatic rings. The number of nitrogen functional groups attached to an aromatic ring is 1. The zero-order valence-corrected chi connectivity index (χ0v) is 11.4. The highest BCUT2D eigenvalue weighted by Crippen LogP contribution is 2.23. The van der Waals surface area contributed by atoms with Crippen LogP contribution >= 0.6 is 0 Å². The van der Waals surface area contributed by atoms with Gasteiger partial charge in [0.05, 0.1) is 16.9 Å². The zero-order chi connectivity index (χ0) is 13.8. The molecule has 0 aromatic heterocycles. The molecule has 19 heavy (non-hydrogen) atoms. The van der Waals surface area contributed by atoms with Crippen LogP contribution in [0.25, 0.3) is 0 Å². The lowest BCUT2D eigenvalue weighted by atomic mass is 10.1. The van der Waals surface area contributed by atoms with Crippen LogP contribution in [-0.4, -0.2) is 36.5 Å². The Labute approximate surface area is 113 Å². The summed E-state index contributed by atoms with van der Waals surface area (Å²) < 4.78 is 0. The minimum atomic E-state index is -0.492. The Balaban J connectivity index is 2.01. The van der Waals surface area contributed by atoms with E-state index in [0.717, 1.165) is 12.2 Å². The lowest BCUT2D eigenvalue weighted by molar-refractivity contribution is 0.100. The fourth-order valence-electron chi connectivity index (χ4n) is 2.57. The van der Waals surface area contributed by atoms with Crippen LogP contribution < -0.4 is 16.8 Å². The van der Waals surface area contributed by atoms with Crippen molar-refractivity contribution in [3.8, 4) is 0 Å². The van der Waals surface area contributed by atoms with E-state index in [2.05, 4.69) is 17.1 Å². The van der Waals surface area contributed by atoms with E-state index in [1.807, 2.05) is 6.07 Å². The summed E-state index contributed by atoms with van der Waals surface area (Å²) in [7, 11) is 0. The maximum Gasteiger partial charge on any atom is 0.250 e. The summed E-state index contributed by atoms with van der Waals surface area (Å²) in [5.41, 5.74) is 12.8. The first-order valence-corrected chi connectivity index (χ1v) is 6.75. The summed E-state index contributed by atoms with van der Waals surface area (Å²) >= 11 is 0. The van der Waals surface area contributed by atoms with Crippen LogP contribution in [0, 0.1) is 0 Å². The molecule has 0 bridgehead atoms. The van der Waals surface area contributed by atoms with E-state index in [1.54, 1.807) is 12.1 Å². The van der Waals surface area contributed by atoms with Gasteiger partial charge in [0.15, 0.2) is 0 Å². The highest BCUT2D eigenvalue weighted by Gasteiger charge is 2.16. The number of para-hydroxylation sites is 1. The van der Waals surface area contributed by atoms with E-state index in [9.17, 15) is 4.79 Å². The molecule has 5 N–H and O–H groups in total. The first kappa shape index (κ1) is 13.7. The Morgan fingerprint density at radius 3 is 2.74 bits per heavy atom. The molecule has 1 aliphatic rings. The molecule has 1 aliphatic heterocycles. The molecule has 1 saturated heterocycles. The van der Waals surface area contributed by atoms with Crippen LogP contribution in [0.15, 0.2) is 18.2 Å². The molecule has 1 heterocycles. The second-order valence-corrected chi connectivity index (χ2v) is 5.18. The molecule has 1 fully saturated rings. The van der Waals surface area contributed by atoms with Crippen LogP contribution in [0.5, 0.6) is 0 Å². The second kappa shape index (κ2) is 5.93. The molecule has 2 rings (SSSR count). The number of anilines is 2. The number of benzene rings is 1. The van der Waals surface area contributed by atoms with Gasteiger partial charge in [-0.05, 0) is 45.0 Å². The lowest BCUT2D eigenvalue weighted by Crippen LogP contribution is -2.33. The summed E-state index contributed by atoms with van der Waals surface area (Å²) in [5, 5.41) is 3.36. The number of hydrogen-bond acceptors (Lipinski definition) is 4. The van der Waals surface area contributed by atoms with E-state index in [1.165, 1.54) is 25.9 Å². The number of carbonyl (C=O) groups excluding carboxylic acids is 1. The summed E-state index contributed by atoms with van der Waals surface area (Å²) in [4.78, 5) is 13.7. The van der Waals surface area contributed by atoms with Gasteiger partial charge in [0.2, 0.25) is 0 Å². The smallest absolute Gasteiger partial charge is 0.250 e. The maximum absolute atomic E-state index is 11.2. The zero-order valence-electron chi connectivity index (χ0n) is 11.4. The molecule has 5 nitrogen and oxygen atoms in total. The molecule has 0 saturated carbocycles. The van der Waals surface area contributed by atoms with Gasteiger partial charge in [-0.2, -0.15) is 0 Å². The molecular formula is C14H22N4O. The average molecular weight is 262 g/mol. The normalized spacial score (nSPS) is 17.3. The molecular weight excluding hydrogens is 240 g/mol. The fourth-order valence-corrected chi connectivity index (χ4v) is 2.57. The van der Waals surface area contributed by atoms with Gasteiger partial charge in [0.25, 0.3) is 5.91 Å². The predicted molar refractivity (Wildman–Crippen MR) is 78.1 cm³/mol. The number of primary amides is 1. The van der Waals surface area contributed by atoms with Crippen LogP contribution in [-0.2, 0) is 0 Å². The monoisotopic (exact) mass is 262 g/mol. The number of amides is 1. The first-order valence-electron chi connectivity index (χ1n) is 6.75. The summed E-state index contributed by atoms with van der Waals surface area (Å²) in [6.45, 7) is 5.45. The molecule has 104 valence electrons. The Kier molecular flexibility index (Phi) is 4.27. The fraction of sp³-hybridized carbons (Fsp3) is 0.500. The molecule has 1 aromatic carbocycles. The SMILES string of the molecule is CC(CN1CCCC1)Nc1cccc(C(N)=O)c1N. The van der Waals surface area contributed by atoms with Gasteiger partial charge in [-0.25, -0.2) is 0 Å². The number of carbonyl (C=O) groups is 1. The number of nitrogens with zero attached hydrogens (tertiary/aromatic N) is 1. The average Bonchev–Trinajstić information content (AvgIpc) is 2.84. The van der Waals surface area contributed by atoms with Gasteiger partial charge in [0, 0.05) is 12.6 Å².